The molecule has 2 aromatic rings. The van der Waals surface area contributed by atoms with Crippen molar-refractivity contribution in [2.24, 2.45) is 0 Å². The Hall–Kier alpha value is -2.33. The van der Waals surface area contributed by atoms with E-state index in [9.17, 15) is 9.90 Å². The molecule has 0 amide bonds. The molecule has 0 aliphatic heterocycles. The Morgan fingerprint density at radius 2 is 1.95 bits per heavy atom. The molecule has 1 aliphatic carbocycles. The van der Waals surface area contributed by atoms with Crippen molar-refractivity contribution in [2.75, 3.05) is 0 Å². The molecule has 21 heavy (non-hydrogen) atoms. The Kier molecular flexibility index (Phi) is 3.62. The lowest BCUT2D eigenvalue weighted by Gasteiger charge is -2.09. The fourth-order valence-electron chi connectivity index (χ4n) is 2.57. The minimum Gasteiger partial charge on any atom is -0.489 e. The molecule has 3 rings (SSSR count). The van der Waals surface area contributed by atoms with Crippen LogP contribution in [0.4, 0.5) is 0 Å². The lowest BCUT2D eigenvalue weighted by atomic mass is 10.1. The first-order valence-electron chi connectivity index (χ1n) is 6.89. The molecule has 4 nitrogen and oxygen atoms in total. The van der Waals surface area contributed by atoms with E-state index in [2.05, 4.69) is 0 Å². The third kappa shape index (κ3) is 2.90. The summed E-state index contributed by atoms with van der Waals surface area (Å²) in [7, 11) is 0. The van der Waals surface area contributed by atoms with Crippen molar-refractivity contribution in [3.05, 3.63) is 64.7 Å². The summed E-state index contributed by atoms with van der Waals surface area (Å²) in [6.07, 6.45) is 1.30. The van der Waals surface area contributed by atoms with Gasteiger partial charge in [-0.05, 0) is 53.8 Å². The lowest BCUT2D eigenvalue weighted by Crippen LogP contribution is -1.99. The van der Waals surface area contributed by atoms with Gasteiger partial charge in [-0.1, -0.05) is 18.2 Å². The molecule has 0 fully saturated rings. The number of ether oxygens (including phenoxy) is 1. The molecule has 108 valence electrons. The Morgan fingerprint density at radius 3 is 2.67 bits per heavy atom. The standard InChI is InChI=1S/C17H16O4/c18-16-8-5-13-9-14(6-7-15(13)16)21-10-11-1-3-12(4-2-11)17(19)20/h1-4,6-7,9,16,18H,5,8,10H2,(H,19,20). The van der Waals surface area contributed by atoms with Gasteiger partial charge in [0.1, 0.15) is 12.4 Å². The topological polar surface area (TPSA) is 66.8 Å². The molecule has 1 unspecified atom stereocenters. The fraction of sp³-hybridized carbons (Fsp3) is 0.235. The van der Waals surface area contributed by atoms with Gasteiger partial charge >= 0.3 is 5.97 Å². The van der Waals surface area contributed by atoms with Crippen LogP contribution in [-0.4, -0.2) is 16.2 Å². The number of rotatable bonds is 4. The molecule has 0 aromatic heterocycles. The zero-order valence-corrected chi connectivity index (χ0v) is 11.5. The summed E-state index contributed by atoms with van der Waals surface area (Å²) in [6, 6.07) is 12.4. The molecule has 0 saturated carbocycles. The van der Waals surface area contributed by atoms with E-state index in [4.69, 9.17) is 9.84 Å². The van der Waals surface area contributed by atoms with E-state index in [0.717, 1.165) is 35.3 Å². The van der Waals surface area contributed by atoms with Gasteiger partial charge in [-0.2, -0.15) is 0 Å². The lowest BCUT2D eigenvalue weighted by molar-refractivity contribution is 0.0697. The fourth-order valence-corrected chi connectivity index (χ4v) is 2.57. The Labute approximate surface area is 122 Å². The van der Waals surface area contributed by atoms with Crippen molar-refractivity contribution < 1.29 is 19.7 Å². The van der Waals surface area contributed by atoms with E-state index < -0.39 is 5.97 Å². The number of aryl methyl sites for hydroxylation is 1. The van der Waals surface area contributed by atoms with E-state index in [1.165, 1.54) is 0 Å². The molecule has 0 spiro atoms. The molecule has 0 bridgehead atoms. The van der Waals surface area contributed by atoms with Crippen LogP contribution < -0.4 is 4.74 Å². The first-order chi connectivity index (χ1) is 10.1. The number of fused-ring (bicyclic) bond motifs is 1. The van der Waals surface area contributed by atoms with Crippen LogP contribution in [0.3, 0.4) is 0 Å². The molecule has 4 heteroatoms. The van der Waals surface area contributed by atoms with Gasteiger partial charge in [0.2, 0.25) is 0 Å². The Balaban J connectivity index is 1.66. The van der Waals surface area contributed by atoms with Crippen LogP contribution in [0.1, 0.15) is 39.6 Å². The van der Waals surface area contributed by atoms with Crippen molar-refractivity contribution in [2.45, 2.75) is 25.6 Å². The summed E-state index contributed by atoms with van der Waals surface area (Å²) in [5.41, 5.74) is 3.32. The predicted octanol–water partition coefficient (Wildman–Crippen LogP) is 2.94. The molecular weight excluding hydrogens is 268 g/mol. The van der Waals surface area contributed by atoms with Gasteiger partial charge in [0.25, 0.3) is 0 Å². The molecule has 0 radical (unpaired) electrons. The number of aliphatic hydroxyl groups excluding tert-OH is 1. The highest BCUT2D eigenvalue weighted by Gasteiger charge is 2.20. The maximum atomic E-state index is 10.8. The minimum atomic E-state index is -0.931. The largest absolute Gasteiger partial charge is 0.489 e. The van der Waals surface area contributed by atoms with Crippen LogP contribution in [0, 0.1) is 0 Å². The van der Waals surface area contributed by atoms with Crippen LogP contribution in [0.2, 0.25) is 0 Å². The van der Waals surface area contributed by atoms with Crippen LogP contribution in [0.15, 0.2) is 42.5 Å². The van der Waals surface area contributed by atoms with Crippen molar-refractivity contribution in [3.63, 3.8) is 0 Å². The highest BCUT2D eigenvalue weighted by molar-refractivity contribution is 5.87. The minimum absolute atomic E-state index is 0.269. The normalized spacial score (nSPS) is 16.5. The zero-order chi connectivity index (χ0) is 14.8. The molecule has 1 atom stereocenters. The van der Waals surface area contributed by atoms with Gasteiger partial charge < -0.3 is 14.9 Å². The molecular formula is C17H16O4. The number of aliphatic hydroxyl groups is 1. The molecule has 0 heterocycles. The monoisotopic (exact) mass is 284 g/mol. The molecule has 0 saturated heterocycles. The zero-order valence-electron chi connectivity index (χ0n) is 11.5. The van der Waals surface area contributed by atoms with Crippen molar-refractivity contribution in [1.29, 1.82) is 0 Å². The summed E-state index contributed by atoms with van der Waals surface area (Å²) >= 11 is 0. The van der Waals surface area contributed by atoms with Crippen molar-refractivity contribution in [3.8, 4) is 5.75 Å². The molecule has 1 aliphatic rings. The summed E-state index contributed by atoms with van der Waals surface area (Å²) in [5, 5.41) is 18.6. The number of hydrogen-bond donors (Lipinski definition) is 2. The third-order valence-electron chi connectivity index (χ3n) is 3.77. The number of carboxylic acid groups (broad SMARTS) is 1. The second-order valence-corrected chi connectivity index (χ2v) is 5.21. The van der Waals surface area contributed by atoms with Crippen molar-refractivity contribution in [1.82, 2.24) is 0 Å². The van der Waals surface area contributed by atoms with Crippen LogP contribution >= 0.6 is 0 Å². The summed E-state index contributed by atoms with van der Waals surface area (Å²) in [5.74, 6) is -0.162. The average Bonchev–Trinajstić information content (AvgIpc) is 2.86. The summed E-state index contributed by atoms with van der Waals surface area (Å²) in [4.78, 5) is 10.8. The second-order valence-electron chi connectivity index (χ2n) is 5.21. The first-order valence-corrected chi connectivity index (χ1v) is 6.89. The molecule has 2 aromatic carbocycles. The molecule has 2 N–H and O–H groups in total. The number of carbonyl (C=O) groups is 1. The van der Waals surface area contributed by atoms with Gasteiger partial charge in [-0.15, -0.1) is 0 Å². The van der Waals surface area contributed by atoms with E-state index in [1.807, 2.05) is 18.2 Å². The SMILES string of the molecule is O=C(O)c1ccc(COc2ccc3c(c2)CCC3O)cc1. The quantitative estimate of drug-likeness (QED) is 0.906. The smallest absolute Gasteiger partial charge is 0.335 e. The predicted molar refractivity (Wildman–Crippen MR) is 77.5 cm³/mol. The number of carboxylic acids is 1. The first kappa shape index (κ1) is 13.6. The van der Waals surface area contributed by atoms with Crippen LogP contribution in [-0.2, 0) is 13.0 Å². The summed E-state index contributed by atoms with van der Waals surface area (Å²) < 4.78 is 5.72. The Bertz CT molecular complexity index is 661. The summed E-state index contributed by atoms with van der Waals surface area (Å²) in [6.45, 7) is 0.390. The highest BCUT2D eigenvalue weighted by atomic mass is 16.5. The van der Waals surface area contributed by atoms with Crippen molar-refractivity contribution >= 4 is 5.97 Å². The van der Waals surface area contributed by atoms with E-state index in [1.54, 1.807) is 24.3 Å². The van der Waals surface area contributed by atoms with Crippen LogP contribution in [0.25, 0.3) is 0 Å². The van der Waals surface area contributed by atoms with Gasteiger partial charge in [0.05, 0.1) is 11.7 Å². The van der Waals surface area contributed by atoms with Gasteiger partial charge in [0.15, 0.2) is 0 Å². The van der Waals surface area contributed by atoms with Gasteiger partial charge in [0, 0.05) is 0 Å². The Morgan fingerprint density at radius 1 is 1.19 bits per heavy atom. The number of benzene rings is 2. The second kappa shape index (κ2) is 5.58. The number of aromatic carboxylic acids is 1. The average molecular weight is 284 g/mol. The van der Waals surface area contributed by atoms with Gasteiger partial charge in [-0.25, -0.2) is 4.79 Å². The van der Waals surface area contributed by atoms with E-state index in [0.29, 0.717) is 6.61 Å². The van der Waals surface area contributed by atoms with Crippen LogP contribution in [0.5, 0.6) is 5.75 Å². The number of hydrogen-bond acceptors (Lipinski definition) is 3. The highest BCUT2D eigenvalue weighted by Crippen LogP contribution is 2.33. The maximum absolute atomic E-state index is 10.8. The maximum Gasteiger partial charge on any atom is 0.335 e. The third-order valence-corrected chi connectivity index (χ3v) is 3.77. The van der Waals surface area contributed by atoms with E-state index >= 15 is 0 Å². The van der Waals surface area contributed by atoms with Gasteiger partial charge in [-0.3, -0.25) is 0 Å². The van der Waals surface area contributed by atoms with E-state index in [-0.39, 0.29) is 11.7 Å².